The Morgan fingerprint density at radius 2 is 1.72 bits per heavy atom. The van der Waals surface area contributed by atoms with Crippen molar-refractivity contribution in [1.82, 2.24) is 0 Å². The van der Waals surface area contributed by atoms with Crippen LogP contribution in [-0.4, -0.2) is 5.78 Å². The molecule has 18 heavy (non-hydrogen) atoms. The first kappa shape index (κ1) is 13.1. The largest absolute Gasteiger partial charge is 0.289 e. The van der Waals surface area contributed by atoms with Crippen molar-refractivity contribution in [2.45, 2.75) is 13.8 Å². The molecule has 0 aliphatic rings. The maximum atomic E-state index is 12.4. The van der Waals surface area contributed by atoms with Crippen LogP contribution in [0, 0.1) is 13.8 Å². The SMILES string of the molecule is Cc1ccc(C)c(C(=O)c2cccc(Cl)c2Cl)c1. The van der Waals surface area contributed by atoms with Gasteiger partial charge in [-0.2, -0.15) is 0 Å². The van der Waals surface area contributed by atoms with E-state index in [-0.39, 0.29) is 5.78 Å². The lowest BCUT2D eigenvalue weighted by molar-refractivity contribution is 0.103. The Labute approximate surface area is 116 Å². The molecule has 0 N–H and O–H groups in total. The molecule has 0 bridgehead atoms. The summed E-state index contributed by atoms with van der Waals surface area (Å²) in [4.78, 5) is 12.4. The summed E-state index contributed by atoms with van der Waals surface area (Å²) in [5, 5.41) is 0.706. The fourth-order valence-corrected chi connectivity index (χ4v) is 2.19. The smallest absolute Gasteiger partial charge is 0.194 e. The zero-order valence-electron chi connectivity index (χ0n) is 10.1. The predicted molar refractivity (Wildman–Crippen MR) is 75.8 cm³/mol. The molecule has 0 aliphatic carbocycles. The van der Waals surface area contributed by atoms with Crippen LogP contribution in [0.5, 0.6) is 0 Å². The molecule has 92 valence electrons. The number of carbonyl (C=O) groups excluding carboxylic acids is 1. The molecular weight excluding hydrogens is 267 g/mol. The first-order valence-electron chi connectivity index (χ1n) is 5.56. The molecule has 0 fully saturated rings. The monoisotopic (exact) mass is 278 g/mol. The molecule has 0 heterocycles. The Bertz CT molecular complexity index is 614. The molecule has 0 atom stereocenters. The second-order valence-electron chi connectivity index (χ2n) is 4.25. The highest BCUT2D eigenvalue weighted by Crippen LogP contribution is 2.28. The number of ketones is 1. The van der Waals surface area contributed by atoms with Gasteiger partial charge in [0.25, 0.3) is 0 Å². The highest BCUT2D eigenvalue weighted by Gasteiger charge is 2.16. The fraction of sp³-hybridized carbons (Fsp3) is 0.133. The van der Waals surface area contributed by atoms with Crippen molar-refractivity contribution in [2.24, 2.45) is 0 Å². The number of hydrogen-bond donors (Lipinski definition) is 0. The van der Waals surface area contributed by atoms with Gasteiger partial charge < -0.3 is 0 Å². The van der Waals surface area contributed by atoms with Crippen molar-refractivity contribution in [2.75, 3.05) is 0 Å². The van der Waals surface area contributed by atoms with E-state index in [0.29, 0.717) is 21.2 Å². The maximum absolute atomic E-state index is 12.4. The second kappa shape index (κ2) is 5.13. The van der Waals surface area contributed by atoms with E-state index in [1.807, 2.05) is 32.0 Å². The minimum Gasteiger partial charge on any atom is -0.289 e. The van der Waals surface area contributed by atoms with Gasteiger partial charge in [0.05, 0.1) is 10.0 Å². The van der Waals surface area contributed by atoms with E-state index < -0.39 is 0 Å². The summed E-state index contributed by atoms with van der Waals surface area (Å²) in [7, 11) is 0. The topological polar surface area (TPSA) is 17.1 Å². The van der Waals surface area contributed by atoms with Crippen LogP contribution in [0.1, 0.15) is 27.0 Å². The van der Waals surface area contributed by atoms with Crippen LogP contribution >= 0.6 is 23.2 Å². The van der Waals surface area contributed by atoms with E-state index in [1.165, 1.54) is 0 Å². The molecule has 0 spiro atoms. The van der Waals surface area contributed by atoms with Crippen molar-refractivity contribution in [1.29, 1.82) is 0 Å². The third kappa shape index (κ3) is 2.43. The Kier molecular flexibility index (Phi) is 3.74. The average molecular weight is 279 g/mol. The summed E-state index contributed by atoms with van der Waals surface area (Å²) in [6.45, 7) is 3.86. The number of halogens is 2. The third-order valence-electron chi connectivity index (χ3n) is 2.83. The number of rotatable bonds is 2. The molecule has 2 aromatic carbocycles. The molecule has 0 unspecified atom stereocenters. The van der Waals surface area contributed by atoms with E-state index in [1.54, 1.807) is 18.2 Å². The lowest BCUT2D eigenvalue weighted by Gasteiger charge is -2.08. The number of hydrogen-bond acceptors (Lipinski definition) is 1. The van der Waals surface area contributed by atoms with Gasteiger partial charge in [0.15, 0.2) is 5.78 Å². The van der Waals surface area contributed by atoms with Crippen LogP contribution in [0.15, 0.2) is 36.4 Å². The highest BCUT2D eigenvalue weighted by atomic mass is 35.5. The molecule has 2 aromatic rings. The fourth-order valence-electron chi connectivity index (χ4n) is 1.80. The van der Waals surface area contributed by atoms with Gasteiger partial charge in [-0.3, -0.25) is 4.79 Å². The minimum absolute atomic E-state index is 0.0938. The van der Waals surface area contributed by atoms with Crippen molar-refractivity contribution in [3.63, 3.8) is 0 Å². The van der Waals surface area contributed by atoms with Crippen molar-refractivity contribution in [3.05, 3.63) is 68.7 Å². The van der Waals surface area contributed by atoms with Crippen LogP contribution in [0.2, 0.25) is 10.0 Å². The maximum Gasteiger partial charge on any atom is 0.194 e. The highest BCUT2D eigenvalue weighted by molar-refractivity contribution is 6.44. The summed E-state index contributed by atoms with van der Waals surface area (Å²) in [5.41, 5.74) is 3.08. The van der Waals surface area contributed by atoms with Gasteiger partial charge in [0.1, 0.15) is 0 Å². The van der Waals surface area contributed by atoms with Crippen LogP contribution in [0.4, 0.5) is 0 Å². The van der Waals surface area contributed by atoms with Crippen molar-refractivity contribution < 1.29 is 4.79 Å². The summed E-state index contributed by atoms with van der Waals surface area (Å²) in [6, 6.07) is 10.9. The molecule has 0 amide bonds. The van der Waals surface area contributed by atoms with E-state index in [4.69, 9.17) is 23.2 Å². The molecule has 1 nitrogen and oxygen atoms in total. The third-order valence-corrected chi connectivity index (χ3v) is 3.65. The minimum atomic E-state index is -0.0938. The van der Waals surface area contributed by atoms with Crippen molar-refractivity contribution >= 4 is 29.0 Å². The first-order chi connectivity index (χ1) is 8.50. The normalized spacial score (nSPS) is 10.4. The molecular formula is C15H12Cl2O. The van der Waals surface area contributed by atoms with Gasteiger partial charge in [-0.05, 0) is 37.6 Å². The molecule has 0 saturated carbocycles. The van der Waals surface area contributed by atoms with Gasteiger partial charge in [-0.15, -0.1) is 0 Å². The number of benzene rings is 2. The lowest BCUT2D eigenvalue weighted by Crippen LogP contribution is -2.05. The van der Waals surface area contributed by atoms with Gasteiger partial charge in [-0.25, -0.2) is 0 Å². The van der Waals surface area contributed by atoms with Gasteiger partial charge in [-0.1, -0.05) is 47.0 Å². The first-order valence-corrected chi connectivity index (χ1v) is 6.32. The molecule has 0 saturated heterocycles. The Morgan fingerprint density at radius 1 is 1.00 bits per heavy atom. The average Bonchev–Trinajstić information content (AvgIpc) is 2.35. The summed E-state index contributed by atoms with van der Waals surface area (Å²) >= 11 is 12.0. The quantitative estimate of drug-likeness (QED) is 0.719. The van der Waals surface area contributed by atoms with Crippen LogP contribution in [0.3, 0.4) is 0 Å². The molecule has 0 aromatic heterocycles. The van der Waals surface area contributed by atoms with E-state index in [2.05, 4.69) is 0 Å². The summed E-state index contributed by atoms with van der Waals surface area (Å²) in [6.07, 6.45) is 0. The lowest BCUT2D eigenvalue weighted by atomic mass is 9.97. The van der Waals surface area contributed by atoms with E-state index >= 15 is 0 Å². The van der Waals surface area contributed by atoms with Gasteiger partial charge in [0, 0.05) is 11.1 Å². The summed E-state index contributed by atoms with van der Waals surface area (Å²) in [5.74, 6) is -0.0938. The van der Waals surface area contributed by atoms with E-state index in [9.17, 15) is 4.79 Å². The summed E-state index contributed by atoms with van der Waals surface area (Å²) < 4.78 is 0. The van der Waals surface area contributed by atoms with Crippen LogP contribution in [-0.2, 0) is 0 Å². The van der Waals surface area contributed by atoms with Crippen LogP contribution < -0.4 is 0 Å². The Morgan fingerprint density at radius 3 is 2.44 bits per heavy atom. The number of carbonyl (C=O) groups is 1. The molecule has 2 rings (SSSR count). The molecule has 0 radical (unpaired) electrons. The zero-order valence-corrected chi connectivity index (χ0v) is 11.6. The van der Waals surface area contributed by atoms with E-state index in [0.717, 1.165) is 11.1 Å². The molecule has 0 aliphatic heterocycles. The second-order valence-corrected chi connectivity index (χ2v) is 5.03. The molecule has 3 heteroatoms. The van der Waals surface area contributed by atoms with Gasteiger partial charge in [0.2, 0.25) is 0 Å². The van der Waals surface area contributed by atoms with Crippen LogP contribution in [0.25, 0.3) is 0 Å². The Balaban J connectivity index is 2.55. The predicted octanol–water partition coefficient (Wildman–Crippen LogP) is 4.84. The standard InChI is InChI=1S/C15H12Cl2O/c1-9-6-7-10(2)12(8-9)15(18)11-4-3-5-13(16)14(11)17/h3-8H,1-2H3. The van der Waals surface area contributed by atoms with Crippen molar-refractivity contribution in [3.8, 4) is 0 Å². The Hall–Kier alpha value is -1.31. The zero-order chi connectivity index (χ0) is 13.3. The number of aryl methyl sites for hydroxylation is 2. The van der Waals surface area contributed by atoms with Gasteiger partial charge >= 0.3 is 0 Å².